The van der Waals surface area contributed by atoms with Gasteiger partial charge in [-0.05, 0) is 37.3 Å². The fourth-order valence-electron chi connectivity index (χ4n) is 1.40. The van der Waals surface area contributed by atoms with E-state index in [0.717, 1.165) is 0 Å². The summed E-state index contributed by atoms with van der Waals surface area (Å²) < 4.78 is 5.50. The van der Waals surface area contributed by atoms with Crippen LogP contribution in [0.15, 0.2) is 42.6 Å². The Hall–Kier alpha value is -2.67. The Morgan fingerprint density at radius 2 is 1.85 bits per heavy atom. The van der Waals surface area contributed by atoms with E-state index in [1.165, 1.54) is 13.1 Å². The summed E-state index contributed by atoms with van der Waals surface area (Å²) in [5, 5.41) is 8.68. The molecule has 0 aliphatic rings. The van der Waals surface area contributed by atoms with Crippen molar-refractivity contribution in [2.24, 2.45) is 0 Å². The van der Waals surface area contributed by atoms with E-state index in [0.29, 0.717) is 22.8 Å². The zero-order valence-electron chi connectivity index (χ0n) is 11.8. The van der Waals surface area contributed by atoms with E-state index in [-0.39, 0.29) is 5.78 Å². The van der Waals surface area contributed by atoms with Crippen molar-refractivity contribution in [3.05, 3.63) is 53.7 Å². The minimum atomic E-state index is -0.0397. The molecular formula is C16H16N2O2. The smallest absolute Gasteiger partial charge is 0.219 e. The van der Waals surface area contributed by atoms with Crippen molar-refractivity contribution in [1.82, 2.24) is 4.98 Å². The van der Waals surface area contributed by atoms with Crippen molar-refractivity contribution in [2.75, 3.05) is 0 Å². The molecule has 1 aromatic carbocycles. The highest BCUT2D eigenvalue weighted by Gasteiger charge is 2.03. The van der Waals surface area contributed by atoms with Gasteiger partial charge in [0.2, 0.25) is 5.88 Å². The molecule has 0 unspecified atom stereocenters. The van der Waals surface area contributed by atoms with Crippen molar-refractivity contribution in [3.8, 4) is 17.7 Å². The van der Waals surface area contributed by atoms with Gasteiger partial charge in [0.15, 0.2) is 5.78 Å². The van der Waals surface area contributed by atoms with E-state index in [1.54, 1.807) is 36.4 Å². The van der Waals surface area contributed by atoms with Crippen LogP contribution in [0, 0.1) is 11.3 Å². The number of nitrogens with zero attached hydrogens (tertiary/aromatic N) is 2. The van der Waals surface area contributed by atoms with Gasteiger partial charge in [-0.2, -0.15) is 5.26 Å². The maximum Gasteiger partial charge on any atom is 0.219 e. The van der Waals surface area contributed by atoms with E-state index in [9.17, 15) is 4.79 Å². The van der Waals surface area contributed by atoms with Crippen molar-refractivity contribution < 1.29 is 9.53 Å². The third-order valence-corrected chi connectivity index (χ3v) is 2.35. The van der Waals surface area contributed by atoms with Gasteiger partial charge in [-0.15, -0.1) is 0 Å². The monoisotopic (exact) mass is 268 g/mol. The predicted molar refractivity (Wildman–Crippen MR) is 76.8 cm³/mol. The Morgan fingerprint density at radius 3 is 2.40 bits per heavy atom. The molecule has 0 amide bonds. The van der Waals surface area contributed by atoms with Crippen LogP contribution in [-0.2, 0) is 0 Å². The lowest BCUT2D eigenvalue weighted by Crippen LogP contribution is -1.94. The summed E-state index contributed by atoms with van der Waals surface area (Å²) in [6, 6.07) is 11.9. The fraction of sp³-hybridized carbons (Fsp3) is 0.188. The van der Waals surface area contributed by atoms with E-state index in [2.05, 4.69) is 4.98 Å². The van der Waals surface area contributed by atoms with Crippen LogP contribution in [0.2, 0.25) is 0 Å². The van der Waals surface area contributed by atoms with Crippen LogP contribution in [0.4, 0.5) is 0 Å². The molecule has 0 radical (unpaired) electrons. The summed E-state index contributed by atoms with van der Waals surface area (Å²) in [5.74, 6) is 0.886. The molecule has 0 saturated heterocycles. The average Bonchev–Trinajstić information content (AvgIpc) is 2.50. The van der Waals surface area contributed by atoms with Crippen LogP contribution in [-0.4, -0.2) is 10.8 Å². The Bertz CT molecular complexity index is 613. The number of rotatable bonds is 3. The summed E-state index contributed by atoms with van der Waals surface area (Å²) in [4.78, 5) is 15.2. The molecule has 2 rings (SSSR count). The van der Waals surface area contributed by atoms with Gasteiger partial charge >= 0.3 is 0 Å². The van der Waals surface area contributed by atoms with Crippen molar-refractivity contribution in [1.29, 1.82) is 5.26 Å². The Labute approximate surface area is 118 Å². The lowest BCUT2D eigenvalue weighted by Gasteiger charge is -2.05. The Kier molecular flexibility index (Phi) is 5.92. The molecule has 4 heteroatoms. The Balaban J connectivity index is 0.000000956. The second-order valence-electron chi connectivity index (χ2n) is 3.68. The predicted octanol–water partition coefficient (Wildman–Crippen LogP) is 3.97. The maximum absolute atomic E-state index is 11.2. The third-order valence-electron chi connectivity index (χ3n) is 2.35. The van der Waals surface area contributed by atoms with Gasteiger partial charge in [-0.1, -0.05) is 13.8 Å². The van der Waals surface area contributed by atoms with Gasteiger partial charge in [0, 0.05) is 17.8 Å². The molecule has 1 heterocycles. The zero-order chi connectivity index (χ0) is 15.0. The highest BCUT2D eigenvalue weighted by molar-refractivity contribution is 5.94. The first-order chi connectivity index (χ1) is 9.69. The molecule has 0 aliphatic heterocycles. The van der Waals surface area contributed by atoms with E-state index < -0.39 is 0 Å². The molecule has 0 bridgehead atoms. The lowest BCUT2D eigenvalue weighted by atomic mass is 10.2. The summed E-state index contributed by atoms with van der Waals surface area (Å²) in [6.45, 7) is 5.49. The quantitative estimate of drug-likeness (QED) is 0.790. The van der Waals surface area contributed by atoms with Crippen LogP contribution >= 0.6 is 0 Å². The number of ether oxygens (including phenoxy) is 1. The van der Waals surface area contributed by atoms with Crippen molar-refractivity contribution >= 4 is 5.78 Å². The topological polar surface area (TPSA) is 63.0 Å². The first kappa shape index (κ1) is 15.4. The third kappa shape index (κ3) is 4.21. The summed E-state index contributed by atoms with van der Waals surface area (Å²) in [6.07, 6.45) is 1.52. The van der Waals surface area contributed by atoms with Crippen molar-refractivity contribution in [2.45, 2.75) is 20.8 Å². The second-order valence-corrected chi connectivity index (χ2v) is 3.68. The van der Waals surface area contributed by atoms with E-state index in [1.807, 2.05) is 19.9 Å². The van der Waals surface area contributed by atoms with E-state index in [4.69, 9.17) is 10.00 Å². The zero-order valence-corrected chi connectivity index (χ0v) is 11.8. The molecule has 20 heavy (non-hydrogen) atoms. The SMILES string of the molecule is CC.CC(=O)c1ccnc(Oc2ccc(C#N)cc2)c1. The number of aromatic nitrogens is 1. The van der Waals surface area contributed by atoms with Gasteiger partial charge < -0.3 is 4.74 Å². The number of carbonyl (C=O) groups is 1. The lowest BCUT2D eigenvalue weighted by molar-refractivity contribution is 0.101. The minimum absolute atomic E-state index is 0.0397. The fourth-order valence-corrected chi connectivity index (χ4v) is 1.40. The first-order valence-corrected chi connectivity index (χ1v) is 6.34. The molecule has 1 aromatic heterocycles. The highest BCUT2D eigenvalue weighted by atomic mass is 16.5. The minimum Gasteiger partial charge on any atom is -0.439 e. The molecule has 0 fully saturated rings. The summed E-state index contributed by atoms with van der Waals surface area (Å²) in [5.41, 5.74) is 1.11. The maximum atomic E-state index is 11.2. The van der Waals surface area contributed by atoms with E-state index >= 15 is 0 Å². The summed E-state index contributed by atoms with van der Waals surface area (Å²) in [7, 11) is 0. The molecular weight excluding hydrogens is 252 g/mol. The number of hydrogen-bond acceptors (Lipinski definition) is 4. The molecule has 0 atom stereocenters. The van der Waals surface area contributed by atoms with Crippen LogP contribution < -0.4 is 4.74 Å². The molecule has 2 aromatic rings. The molecule has 0 N–H and O–H groups in total. The highest BCUT2D eigenvalue weighted by Crippen LogP contribution is 2.20. The Morgan fingerprint density at radius 1 is 1.20 bits per heavy atom. The van der Waals surface area contributed by atoms with Crippen LogP contribution in [0.25, 0.3) is 0 Å². The molecule has 0 spiro atoms. The number of Topliss-reactive ketones (excluding diaryl/α,β-unsaturated/α-hetero) is 1. The summed E-state index contributed by atoms with van der Waals surface area (Å²) >= 11 is 0. The average molecular weight is 268 g/mol. The van der Waals surface area contributed by atoms with Gasteiger partial charge in [0.1, 0.15) is 5.75 Å². The van der Waals surface area contributed by atoms with Crippen LogP contribution in [0.1, 0.15) is 36.7 Å². The van der Waals surface area contributed by atoms with Gasteiger partial charge in [-0.25, -0.2) is 4.98 Å². The van der Waals surface area contributed by atoms with Gasteiger partial charge in [0.05, 0.1) is 11.6 Å². The standard InChI is InChI=1S/C14H10N2O2.C2H6/c1-10(17)12-6-7-16-14(8-12)18-13-4-2-11(9-15)3-5-13;1-2/h2-8H,1H3;1-2H3. The van der Waals surface area contributed by atoms with Gasteiger partial charge in [-0.3, -0.25) is 4.79 Å². The van der Waals surface area contributed by atoms with Gasteiger partial charge in [0.25, 0.3) is 0 Å². The number of pyridine rings is 1. The number of benzene rings is 1. The number of carbonyl (C=O) groups excluding carboxylic acids is 1. The molecule has 0 saturated carbocycles. The molecule has 0 aliphatic carbocycles. The largest absolute Gasteiger partial charge is 0.439 e. The van der Waals surface area contributed by atoms with Crippen LogP contribution in [0.3, 0.4) is 0 Å². The normalized spacial score (nSPS) is 8.90. The molecule has 102 valence electrons. The second kappa shape index (κ2) is 7.70. The molecule has 4 nitrogen and oxygen atoms in total. The number of nitriles is 1. The van der Waals surface area contributed by atoms with Crippen molar-refractivity contribution in [3.63, 3.8) is 0 Å². The number of hydrogen-bond donors (Lipinski definition) is 0. The first-order valence-electron chi connectivity index (χ1n) is 6.34. The van der Waals surface area contributed by atoms with Crippen LogP contribution in [0.5, 0.6) is 11.6 Å². The number of ketones is 1.